The lowest BCUT2D eigenvalue weighted by atomic mass is 10.1. The Hall–Kier alpha value is -2.01. The van der Waals surface area contributed by atoms with E-state index in [-0.39, 0.29) is 0 Å². The number of furan rings is 1. The highest BCUT2D eigenvalue weighted by molar-refractivity contribution is 6.05. The number of rotatable bonds is 2. The van der Waals surface area contributed by atoms with Gasteiger partial charge in [0.25, 0.3) is 5.91 Å². The number of nitrogens with two attached hydrogens (primary N) is 1. The minimum atomic E-state index is -0.453. The number of amides is 1. The summed E-state index contributed by atoms with van der Waals surface area (Å²) >= 11 is 0. The van der Waals surface area contributed by atoms with E-state index in [1.165, 1.54) is 6.26 Å². The van der Waals surface area contributed by atoms with Gasteiger partial charge in [0, 0.05) is 36.2 Å². The SMILES string of the molecule is CC1CN(c2ccc3occ(C(N)=O)c3c2)CC(C)N1C. The number of nitrogens with zero attached hydrogens (tertiary/aromatic N) is 2. The summed E-state index contributed by atoms with van der Waals surface area (Å²) < 4.78 is 5.38. The highest BCUT2D eigenvalue weighted by Crippen LogP contribution is 2.28. The van der Waals surface area contributed by atoms with Gasteiger partial charge in [0.05, 0.1) is 5.56 Å². The lowest BCUT2D eigenvalue weighted by molar-refractivity contribution is 0.100. The summed E-state index contributed by atoms with van der Waals surface area (Å²) in [6.45, 7) is 6.40. The monoisotopic (exact) mass is 287 g/mol. The van der Waals surface area contributed by atoms with Crippen LogP contribution in [0.3, 0.4) is 0 Å². The van der Waals surface area contributed by atoms with Crippen molar-refractivity contribution >= 4 is 22.6 Å². The van der Waals surface area contributed by atoms with E-state index in [0.717, 1.165) is 24.2 Å². The second kappa shape index (κ2) is 5.07. The maximum atomic E-state index is 11.5. The zero-order valence-electron chi connectivity index (χ0n) is 12.7. The van der Waals surface area contributed by atoms with Crippen LogP contribution >= 0.6 is 0 Å². The van der Waals surface area contributed by atoms with E-state index in [1.807, 2.05) is 18.2 Å². The molecule has 2 N–H and O–H groups in total. The first-order valence-corrected chi connectivity index (χ1v) is 7.25. The van der Waals surface area contributed by atoms with E-state index in [4.69, 9.17) is 10.2 Å². The highest BCUT2D eigenvalue weighted by Gasteiger charge is 2.27. The zero-order valence-corrected chi connectivity index (χ0v) is 12.7. The number of carbonyl (C=O) groups is 1. The highest BCUT2D eigenvalue weighted by atomic mass is 16.3. The molecule has 21 heavy (non-hydrogen) atoms. The lowest BCUT2D eigenvalue weighted by Gasteiger charge is -2.43. The Balaban J connectivity index is 1.97. The minimum absolute atomic E-state index is 0.446. The molecular weight excluding hydrogens is 266 g/mol. The number of hydrogen-bond donors (Lipinski definition) is 1. The second-order valence-electron chi connectivity index (χ2n) is 5.96. The Morgan fingerprint density at radius 3 is 2.57 bits per heavy atom. The van der Waals surface area contributed by atoms with E-state index in [2.05, 4.69) is 30.7 Å². The molecule has 1 aromatic carbocycles. The van der Waals surface area contributed by atoms with Crippen LogP contribution in [-0.4, -0.2) is 43.0 Å². The van der Waals surface area contributed by atoms with Crippen molar-refractivity contribution in [2.24, 2.45) is 5.73 Å². The summed E-state index contributed by atoms with van der Waals surface area (Å²) in [5, 5.41) is 0.791. The Bertz CT molecular complexity index is 667. The van der Waals surface area contributed by atoms with Crippen LogP contribution in [0.25, 0.3) is 11.0 Å². The molecule has 0 aliphatic carbocycles. The van der Waals surface area contributed by atoms with Crippen molar-refractivity contribution in [3.05, 3.63) is 30.0 Å². The molecule has 1 aliphatic heterocycles. The normalized spacial score (nSPS) is 23.7. The van der Waals surface area contributed by atoms with Crippen molar-refractivity contribution < 1.29 is 9.21 Å². The van der Waals surface area contributed by atoms with Gasteiger partial charge < -0.3 is 15.1 Å². The molecule has 5 heteroatoms. The third-order valence-corrected chi connectivity index (χ3v) is 4.55. The Labute approximate surface area is 124 Å². The maximum absolute atomic E-state index is 11.5. The third kappa shape index (κ3) is 2.38. The van der Waals surface area contributed by atoms with E-state index in [0.29, 0.717) is 23.2 Å². The molecule has 1 saturated heterocycles. The zero-order chi connectivity index (χ0) is 15.1. The number of hydrogen-bond acceptors (Lipinski definition) is 4. The third-order valence-electron chi connectivity index (χ3n) is 4.55. The summed E-state index contributed by atoms with van der Waals surface area (Å²) in [7, 11) is 2.16. The van der Waals surface area contributed by atoms with Crippen LogP contribution in [0.4, 0.5) is 5.69 Å². The van der Waals surface area contributed by atoms with Crippen LogP contribution in [0.2, 0.25) is 0 Å². The molecule has 1 aromatic heterocycles. The molecule has 2 atom stereocenters. The van der Waals surface area contributed by atoms with Gasteiger partial charge in [0.1, 0.15) is 11.8 Å². The van der Waals surface area contributed by atoms with Crippen molar-refractivity contribution in [1.29, 1.82) is 0 Å². The summed E-state index contributed by atoms with van der Waals surface area (Å²) in [6.07, 6.45) is 1.44. The van der Waals surface area contributed by atoms with E-state index in [9.17, 15) is 4.79 Å². The average molecular weight is 287 g/mol. The molecule has 1 aliphatic rings. The van der Waals surface area contributed by atoms with Gasteiger partial charge in [-0.05, 0) is 39.1 Å². The van der Waals surface area contributed by atoms with Crippen LogP contribution in [0.5, 0.6) is 0 Å². The first-order valence-electron chi connectivity index (χ1n) is 7.25. The predicted molar refractivity (Wildman–Crippen MR) is 83.6 cm³/mol. The topological polar surface area (TPSA) is 62.7 Å². The Kier molecular flexibility index (Phi) is 3.37. The molecule has 2 unspecified atom stereocenters. The number of piperazine rings is 1. The summed E-state index contributed by atoms with van der Waals surface area (Å²) in [6, 6.07) is 6.93. The largest absolute Gasteiger partial charge is 0.463 e. The molecule has 2 heterocycles. The van der Waals surface area contributed by atoms with Crippen LogP contribution in [-0.2, 0) is 0 Å². The van der Waals surface area contributed by atoms with Crippen molar-refractivity contribution in [1.82, 2.24) is 4.90 Å². The van der Waals surface area contributed by atoms with Gasteiger partial charge in [0.2, 0.25) is 0 Å². The summed E-state index contributed by atoms with van der Waals surface area (Å²) in [4.78, 5) is 16.2. The van der Waals surface area contributed by atoms with Crippen LogP contribution in [0, 0.1) is 0 Å². The fraction of sp³-hybridized carbons (Fsp3) is 0.438. The van der Waals surface area contributed by atoms with E-state index in [1.54, 1.807) is 0 Å². The molecule has 3 rings (SSSR count). The van der Waals surface area contributed by atoms with Crippen molar-refractivity contribution in [3.8, 4) is 0 Å². The van der Waals surface area contributed by atoms with Gasteiger partial charge in [-0.3, -0.25) is 9.69 Å². The van der Waals surface area contributed by atoms with Gasteiger partial charge in [-0.15, -0.1) is 0 Å². The van der Waals surface area contributed by atoms with E-state index < -0.39 is 5.91 Å². The maximum Gasteiger partial charge on any atom is 0.252 e. The molecule has 1 fully saturated rings. The number of fused-ring (bicyclic) bond motifs is 1. The summed E-state index contributed by atoms with van der Waals surface area (Å²) in [5.74, 6) is -0.453. The molecule has 5 nitrogen and oxygen atoms in total. The standard InChI is InChI=1S/C16H21N3O2/c1-10-7-19(8-11(2)18(10)3)12-4-5-15-13(6-12)14(9-21-15)16(17)20/h4-6,9-11H,7-8H2,1-3H3,(H2,17,20). The molecule has 1 amide bonds. The quantitative estimate of drug-likeness (QED) is 0.918. The fourth-order valence-electron chi connectivity index (χ4n) is 3.02. The number of primary amides is 1. The van der Waals surface area contributed by atoms with Gasteiger partial charge in [-0.25, -0.2) is 0 Å². The lowest BCUT2D eigenvalue weighted by Crippen LogP contribution is -2.55. The Morgan fingerprint density at radius 2 is 1.95 bits per heavy atom. The molecular formula is C16H21N3O2. The van der Waals surface area contributed by atoms with Crippen molar-refractivity contribution in [2.45, 2.75) is 25.9 Å². The number of benzene rings is 1. The minimum Gasteiger partial charge on any atom is -0.463 e. The fourth-order valence-corrected chi connectivity index (χ4v) is 3.02. The van der Waals surface area contributed by atoms with Crippen molar-refractivity contribution in [3.63, 3.8) is 0 Å². The van der Waals surface area contributed by atoms with Crippen LogP contribution in [0.1, 0.15) is 24.2 Å². The second-order valence-corrected chi connectivity index (χ2v) is 5.96. The molecule has 112 valence electrons. The van der Waals surface area contributed by atoms with Crippen LogP contribution in [0.15, 0.2) is 28.9 Å². The average Bonchev–Trinajstić information content (AvgIpc) is 2.87. The van der Waals surface area contributed by atoms with Gasteiger partial charge in [-0.1, -0.05) is 0 Å². The first-order chi connectivity index (χ1) is 9.97. The number of anilines is 1. The van der Waals surface area contributed by atoms with E-state index >= 15 is 0 Å². The summed E-state index contributed by atoms with van der Waals surface area (Å²) in [5.41, 5.74) is 7.65. The van der Waals surface area contributed by atoms with Crippen molar-refractivity contribution in [2.75, 3.05) is 25.0 Å². The van der Waals surface area contributed by atoms with Gasteiger partial charge in [0.15, 0.2) is 0 Å². The Morgan fingerprint density at radius 1 is 1.29 bits per heavy atom. The molecule has 0 saturated carbocycles. The molecule has 0 bridgehead atoms. The predicted octanol–water partition coefficient (Wildman–Crippen LogP) is 2.06. The first kappa shape index (κ1) is 13.9. The molecule has 2 aromatic rings. The number of likely N-dealkylation sites (N-methyl/N-ethyl adjacent to an activating group) is 1. The molecule has 0 radical (unpaired) electrons. The molecule has 0 spiro atoms. The number of carbonyl (C=O) groups excluding carboxylic acids is 1. The smallest absolute Gasteiger partial charge is 0.252 e. The van der Waals surface area contributed by atoms with Crippen LogP contribution < -0.4 is 10.6 Å². The van der Waals surface area contributed by atoms with Gasteiger partial charge >= 0.3 is 0 Å². The van der Waals surface area contributed by atoms with Gasteiger partial charge in [-0.2, -0.15) is 0 Å².